The Morgan fingerprint density at radius 3 is 2.39 bits per heavy atom. The van der Waals surface area contributed by atoms with Crippen LogP contribution in [0.25, 0.3) is 0 Å². The number of nitrogens with one attached hydrogen (secondary N) is 1. The SMILES string of the molecule is C/C(=N\N1C(=O)c2ccccc2NC1c1ccc(O)cc1)c1ccccc1O. The molecular formula is C22H19N3O3. The molecule has 6 heteroatoms. The summed E-state index contributed by atoms with van der Waals surface area (Å²) in [6, 6.07) is 20.7. The van der Waals surface area contributed by atoms with Gasteiger partial charge >= 0.3 is 0 Å². The summed E-state index contributed by atoms with van der Waals surface area (Å²) in [5.74, 6) is -0.00308. The van der Waals surface area contributed by atoms with Gasteiger partial charge in [0.25, 0.3) is 5.91 Å². The van der Waals surface area contributed by atoms with Crippen molar-refractivity contribution in [3.63, 3.8) is 0 Å². The number of nitrogens with zero attached hydrogens (tertiary/aromatic N) is 2. The molecule has 1 aliphatic rings. The number of fused-ring (bicyclic) bond motifs is 1. The van der Waals surface area contributed by atoms with E-state index < -0.39 is 6.17 Å². The van der Waals surface area contributed by atoms with Crippen LogP contribution in [-0.4, -0.2) is 26.8 Å². The number of anilines is 1. The molecule has 28 heavy (non-hydrogen) atoms. The lowest BCUT2D eigenvalue weighted by atomic mass is 10.0. The van der Waals surface area contributed by atoms with Crippen molar-refractivity contribution in [2.75, 3.05) is 5.32 Å². The third kappa shape index (κ3) is 3.16. The Hall–Kier alpha value is -3.80. The summed E-state index contributed by atoms with van der Waals surface area (Å²) in [5.41, 5.74) is 3.08. The van der Waals surface area contributed by atoms with Crippen molar-refractivity contribution in [3.05, 3.63) is 89.5 Å². The van der Waals surface area contributed by atoms with Crippen LogP contribution < -0.4 is 5.32 Å². The Kier molecular flexibility index (Phi) is 4.45. The molecule has 4 rings (SSSR count). The zero-order chi connectivity index (χ0) is 19.7. The van der Waals surface area contributed by atoms with Gasteiger partial charge in [-0.3, -0.25) is 4.79 Å². The molecular weight excluding hydrogens is 354 g/mol. The van der Waals surface area contributed by atoms with Gasteiger partial charge in [0.2, 0.25) is 0 Å². The van der Waals surface area contributed by atoms with E-state index >= 15 is 0 Å². The van der Waals surface area contributed by atoms with E-state index in [1.54, 1.807) is 67.6 Å². The van der Waals surface area contributed by atoms with E-state index in [9.17, 15) is 15.0 Å². The van der Waals surface area contributed by atoms with Gasteiger partial charge in [0.05, 0.1) is 11.3 Å². The van der Waals surface area contributed by atoms with E-state index in [-0.39, 0.29) is 17.4 Å². The molecule has 0 bridgehead atoms. The minimum absolute atomic E-state index is 0.0998. The normalized spacial score (nSPS) is 16.5. The molecule has 3 N–H and O–H groups in total. The Morgan fingerprint density at radius 1 is 0.964 bits per heavy atom. The lowest BCUT2D eigenvalue weighted by molar-refractivity contribution is 0.0689. The van der Waals surface area contributed by atoms with Gasteiger partial charge in [-0.25, -0.2) is 5.01 Å². The van der Waals surface area contributed by atoms with Crippen molar-refractivity contribution in [2.24, 2.45) is 5.10 Å². The third-order valence-electron chi connectivity index (χ3n) is 4.66. The number of phenols is 2. The van der Waals surface area contributed by atoms with Gasteiger partial charge < -0.3 is 15.5 Å². The molecule has 0 fully saturated rings. The lowest BCUT2D eigenvalue weighted by Gasteiger charge is -2.35. The molecule has 3 aromatic rings. The van der Waals surface area contributed by atoms with Crippen molar-refractivity contribution in [3.8, 4) is 11.5 Å². The molecule has 0 aliphatic carbocycles. The van der Waals surface area contributed by atoms with E-state index in [4.69, 9.17) is 0 Å². The first kappa shape index (κ1) is 17.6. The number of carbonyl (C=O) groups is 1. The fourth-order valence-electron chi connectivity index (χ4n) is 3.22. The highest BCUT2D eigenvalue weighted by Gasteiger charge is 2.33. The van der Waals surface area contributed by atoms with E-state index in [2.05, 4.69) is 10.4 Å². The quantitative estimate of drug-likeness (QED) is 0.604. The van der Waals surface area contributed by atoms with Crippen LogP contribution in [0.3, 0.4) is 0 Å². The van der Waals surface area contributed by atoms with Crippen LogP contribution in [0.15, 0.2) is 77.9 Å². The van der Waals surface area contributed by atoms with Crippen molar-refractivity contribution in [1.29, 1.82) is 0 Å². The number of hydrazone groups is 1. The van der Waals surface area contributed by atoms with Crippen molar-refractivity contribution >= 4 is 17.3 Å². The fraction of sp³-hybridized carbons (Fsp3) is 0.0909. The maximum Gasteiger partial charge on any atom is 0.278 e. The number of carbonyl (C=O) groups excluding carboxylic acids is 1. The third-order valence-corrected chi connectivity index (χ3v) is 4.66. The highest BCUT2D eigenvalue weighted by molar-refractivity contribution is 6.05. The number of phenolic OH excluding ortho intramolecular Hbond substituents is 2. The molecule has 3 aromatic carbocycles. The van der Waals surface area contributed by atoms with E-state index in [1.165, 1.54) is 5.01 Å². The lowest BCUT2D eigenvalue weighted by Crippen LogP contribution is -2.40. The zero-order valence-electron chi connectivity index (χ0n) is 15.2. The van der Waals surface area contributed by atoms with Crippen LogP contribution in [0.1, 0.15) is 34.6 Å². The van der Waals surface area contributed by atoms with E-state index in [0.717, 1.165) is 11.3 Å². The second kappa shape index (κ2) is 7.08. The highest BCUT2D eigenvalue weighted by Crippen LogP contribution is 2.34. The van der Waals surface area contributed by atoms with Crippen LogP contribution in [-0.2, 0) is 0 Å². The van der Waals surface area contributed by atoms with Gasteiger partial charge in [0.15, 0.2) is 6.17 Å². The Morgan fingerprint density at radius 2 is 1.64 bits per heavy atom. The summed E-state index contributed by atoms with van der Waals surface area (Å²) in [7, 11) is 0. The summed E-state index contributed by atoms with van der Waals surface area (Å²) in [6.45, 7) is 1.75. The van der Waals surface area contributed by atoms with Gasteiger partial charge in [-0.15, -0.1) is 0 Å². The first-order chi connectivity index (χ1) is 13.5. The van der Waals surface area contributed by atoms with Gasteiger partial charge in [0.1, 0.15) is 11.5 Å². The zero-order valence-corrected chi connectivity index (χ0v) is 15.2. The molecule has 0 aromatic heterocycles. The largest absolute Gasteiger partial charge is 0.508 e. The molecule has 0 radical (unpaired) electrons. The van der Waals surface area contributed by atoms with Crippen LogP contribution >= 0.6 is 0 Å². The molecule has 0 spiro atoms. The van der Waals surface area contributed by atoms with Gasteiger partial charge in [-0.2, -0.15) is 5.10 Å². The van der Waals surface area contributed by atoms with Gasteiger partial charge in [0, 0.05) is 11.3 Å². The predicted molar refractivity (Wildman–Crippen MR) is 107 cm³/mol. The van der Waals surface area contributed by atoms with E-state index in [1.807, 2.05) is 12.1 Å². The van der Waals surface area contributed by atoms with Crippen molar-refractivity contribution in [2.45, 2.75) is 13.1 Å². The number of hydrogen-bond donors (Lipinski definition) is 3. The van der Waals surface area contributed by atoms with Crippen molar-refractivity contribution < 1.29 is 15.0 Å². The first-order valence-electron chi connectivity index (χ1n) is 8.86. The van der Waals surface area contributed by atoms with Crippen molar-refractivity contribution in [1.82, 2.24) is 5.01 Å². The molecule has 1 unspecified atom stereocenters. The molecule has 1 amide bonds. The van der Waals surface area contributed by atoms with Crippen LogP contribution in [0.2, 0.25) is 0 Å². The minimum Gasteiger partial charge on any atom is -0.508 e. The fourth-order valence-corrected chi connectivity index (χ4v) is 3.22. The Bertz CT molecular complexity index is 1060. The molecule has 1 heterocycles. The number of para-hydroxylation sites is 2. The van der Waals surface area contributed by atoms with Crippen LogP contribution in [0, 0.1) is 0 Å². The maximum atomic E-state index is 13.2. The number of hydrogen-bond acceptors (Lipinski definition) is 5. The maximum absolute atomic E-state index is 13.2. The Balaban J connectivity index is 1.81. The second-order valence-electron chi connectivity index (χ2n) is 6.54. The molecule has 140 valence electrons. The molecule has 0 saturated heterocycles. The predicted octanol–water partition coefficient (Wildman–Crippen LogP) is 4.09. The summed E-state index contributed by atoms with van der Waals surface area (Å²) in [4.78, 5) is 13.2. The summed E-state index contributed by atoms with van der Waals surface area (Å²) in [5, 5.41) is 29.0. The first-order valence-corrected chi connectivity index (χ1v) is 8.86. The summed E-state index contributed by atoms with van der Waals surface area (Å²) < 4.78 is 0. The summed E-state index contributed by atoms with van der Waals surface area (Å²) >= 11 is 0. The monoisotopic (exact) mass is 373 g/mol. The molecule has 1 aliphatic heterocycles. The number of amides is 1. The number of aromatic hydroxyl groups is 2. The second-order valence-corrected chi connectivity index (χ2v) is 6.54. The molecule has 1 atom stereocenters. The topological polar surface area (TPSA) is 85.2 Å². The molecule has 0 saturated carbocycles. The highest BCUT2D eigenvalue weighted by atomic mass is 16.3. The standard InChI is InChI=1S/C22H19N3O3/c1-14(17-6-3-5-9-20(17)27)24-25-21(15-10-12-16(26)13-11-15)23-19-8-4-2-7-18(19)22(25)28/h2-13,21,23,26-27H,1H3/b24-14+. The van der Waals surface area contributed by atoms with Gasteiger partial charge in [-0.05, 0) is 48.9 Å². The van der Waals surface area contributed by atoms with Crippen LogP contribution in [0.5, 0.6) is 11.5 Å². The summed E-state index contributed by atoms with van der Waals surface area (Å²) in [6.07, 6.45) is -0.552. The van der Waals surface area contributed by atoms with E-state index in [0.29, 0.717) is 16.8 Å². The minimum atomic E-state index is -0.552. The number of benzene rings is 3. The average molecular weight is 373 g/mol. The number of rotatable bonds is 3. The van der Waals surface area contributed by atoms with Gasteiger partial charge in [-0.1, -0.05) is 36.4 Å². The van der Waals surface area contributed by atoms with Crippen LogP contribution in [0.4, 0.5) is 5.69 Å². The smallest absolute Gasteiger partial charge is 0.278 e. The average Bonchev–Trinajstić information content (AvgIpc) is 2.71. The molecule has 6 nitrogen and oxygen atoms in total. The Labute approximate surface area is 162 Å².